The number of para-hydroxylation sites is 1. The standard InChI is InChI=1S/C25H21N3O2S2/c1-16-7-13-20-22(15-16)32-24(27-20)18-8-11-19(12-9-18)26-25(31)28-23(29)14-10-17-5-3-4-6-21(17)30-2/h3-15H,1-2H3,(H2,26,28,29,31)/b14-10+. The molecule has 0 saturated carbocycles. The number of hydrogen-bond donors (Lipinski definition) is 2. The first-order valence-corrected chi connectivity index (χ1v) is 11.1. The van der Waals surface area contributed by atoms with Crippen molar-refractivity contribution in [2.75, 3.05) is 12.4 Å². The Morgan fingerprint density at radius 2 is 1.88 bits per heavy atom. The summed E-state index contributed by atoms with van der Waals surface area (Å²) in [6, 6.07) is 21.5. The number of ether oxygens (including phenoxy) is 1. The highest BCUT2D eigenvalue weighted by atomic mass is 32.1. The van der Waals surface area contributed by atoms with E-state index in [4.69, 9.17) is 21.9 Å². The molecule has 3 aromatic carbocycles. The van der Waals surface area contributed by atoms with Crippen molar-refractivity contribution in [2.45, 2.75) is 6.92 Å². The Balaban J connectivity index is 1.37. The van der Waals surface area contributed by atoms with Gasteiger partial charge in [-0.1, -0.05) is 24.3 Å². The molecule has 0 atom stereocenters. The second-order valence-electron chi connectivity index (χ2n) is 7.09. The lowest BCUT2D eigenvalue weighted by Gasteiger charge is -2.08. The van der Waals surface area contributed by atoms with Gasteiger partial charge in [0.25, 0.3) is 0 Å². The van der Waals surface area contributed by atoms with E-state index in [0.717, 1.165) is 27.3 Å². The first-order valence-electron chi connectivity index (χ1n) is 9.92. The summed E-state index contributed by atoms with van der Waals surface area (Å²) in [5.41, 5.74) is 4.85. The zero-order valence-corrected chi connectivity index (χ0v) is 19.2. The summed E-state index contributed by atoms with van der Waals surface area (Å²) in [4.78, 5) is 16.9. The van der Waals surface area contributed by atoms with Gasteiger partial charge < -0.3 is 10.1 Å². The highest BCUT2D eigenvalue weighted by molar-refractivity contribution is 7.80. The lowest BCUT2D eigenvalue weighted by atomic mass is 10.2. The van der Waals surface area contributed by atoms with Crippen LogP contribution in [0.25, 0.3) is 26.9 Å². The van der Waals surface area contributed by atoms with Crippen molar-refractivity contribution < 1.29 is 9.53 Å². The van der Waals surface area contributed by atoms with Crippen molar-refractivity contribution in [1.82, 2.24) is 10.3 Å². The van der Waals surface area contributed by atoms with Gasteiger partial charge in [-0.25, -0.2) is 4.98 Å². The third-order valence-electron chi connectivity index (χ3n) is 4.72. The Hall–Kier alpha value is -3.55. The number of nitrogens with one attached hydrogen (secondary N) is 2. The van der Waals surface area contributed by atoms with Crippen molar-refractivity contribution in [1.29, 1.82) is 0 Å². The number of amides is 1. The van der Waals surface area contributed by atoms with Crippen LogP contribution in [0, 0.1) is 6.92 Å². The number of rotatable bonds is 5. The molecule has 0 aliphatic rings. The Morgan fingerprint density at radius 1 is 1.09 bits per heavy atom. The van der Waals surface area contributed by atoms with Gasteiger partial charge in [0.15, 0.2) is 5.11 Å². The number of aromatic nitrogens is 1. The monoisotopic (exact) mass is 459 g/mol. The Morgan fingerprint density at radius 3 is 2.66 bits per heavy atom. The minimum atomic E-state index is -0.324. The molecule has 1 amide bonds. The number of thiocarbonyl (C=S) groups is 1. The Kier molecular flexibility index (Phi) is 6.58. The normalized spacial score (nSPS) is 10.9. The van der Waals surface area contributed by atoms with Crippen LogP contribution >= 0.6 is 23.6 Å². The van der Waals surface area contributed by atoms with Crippen molar-refractivity contribution in [3.05, 3.63) is 83.9 Å². The fourth-order valence-electron chi connectivity index (χ4n) is 3.14. The number of hydrogen-bond acceptors (Lipinski definition) is 5. The fourth-order valence-corrected chi connectivity index (χ4v) is 4.42. The summed E-state index contributed by atoms with van der Waals surface area (Å²) < 4.78 is 6.45. The van der Waals surface area contributed by atoms with Crippen molar-refractivity contribution in [2.24, 2.45) is 0 Å². The van der Waals surface area contributed by atoms with Crippen molar-refractivity contribution in [3.63, 3.8) is 0 Å². The van der Waals surface area contributed by atoms with Crippen LogP contribution in [-0.4, -0.2) is 23.1 Å². The van der Waals surface area contributed by atoms with E-state index in [1.165, 1.54) is 16.3 Å². The SMILES string of the molecule is COc1ccccc1/C=C/C(=O)NC(=S)Nc1ccc(-c2nc3ccc(C)cc3s2)cc1. The number of carbonyl (C=O) groups is 1. The third kappa shape index (κ3) is 5.19. The van der Waals surface area contributed by atoms with Crippen LogP contribution in [0.2, 0.25) is 0 Å². The molecule has 0 unspecified atom stereocenters. The molecule has 1 aromatic heterocycles. The van der Waals surface area contributed by atoms with E-state index in [2.05, 4.69) is 29.7 Å². The maximum absolute atomic E-state index is 12.2. The average molecular weight is 460 g/mol. The van der Waals surface area contributed by atoms with Gasteiger partial charge in [-0.3, -0.25) is 10.1 Å². The van der Waals surface area contributed by atoms with Crippen molar-refractivity contribution in [3.8, 4) is 16.3 Å². The summed E-state index contributed by atoms with van der Waals surface area (Å²) in [7, 11) is 1.59. The van der Waals surface area contributed by atoms with Gasteiger partial charge in [0.2, 0.25) is 5.91 Å². The van der Waals surface area contributed by atoms with Crippen LogP contribution in [0.4, 0.5) is 5.69 Å². The van der Waals surface area contributed by atoms with Crippen LogP contribution in [0.5, 0.6) is 5.75 Å². The van der Waals surface area contributed by atoms with Crippen LogP contribution < -0.4 is 15.4 Å². The molecule has 7 heteroatoms. The first-order chi connectivity index (χ1) is 15.5. The molecule has 4 rings (SSSR count). The highest BCUT2D eigenvalue weighted by Gasteiger charge is 2.08. The molecule has 0 radical (unpaired) electrons. The largest absolute Gasteiger partial charge is 0.496 e. The molecule has 0 saturated heterocycles. The number of carbonyl (C=O) groups excluding carboxylic acids is 1. The summed E-state index contributed by atoms with van der Waals surface area (Å²) in [5.74, 6) is 0.371. The molecular weight excluding hydrogens is 438 g/mol. The molecule has 160 valence electrons. The second kappa shape index (κ2) is 9.72. The molecule has 32 heavy (non-hydrogen) atoms. The summed E-state index contributed by atoms with van der Waals surface area (Å²) in [6.07, 6.45) is 3.11. The lowest BCUT2D eigenvalue weighted by Crippen LogP contribution is -2.32. The number of thiazole rings is 1. The molecule has 4 aromatic rings. The minimum Gasteiger partial charge on any atom is -0.496 e. The fraction of sp³-hybridized carbons (Fsp3) is 0.0800. The molecule has 0 aliphatic carbocycles. The molecule has 0 bridgehead atoms. The number of benzene rings is 3. The van der Waals surface area contributed by atoms with E-state index in [1.807, 2.05) is 54.6 Å². The van der Waals surface area contributed by atoms with Gasteiger partial charge >= 0.3 is 0 Å². The zero-order valence-electron chi connectivity index (χ0n) is 17.6. The average Bonchev–Trinajstić information content (AvgIpc) is 3.21. The van der Waals surface area contributed by atoms with Gasteiger partial charge in [0.05, 0.1) is 17.3 Å². The second-order valence-corrected chi connectivity index (χ2v) is 8.53. The molecule has 0 spiro atoms. The van der Waals surface area contributed by atoms with Gasteiger partial charge in [-0.05, 0) is 73.2 Å². The maximum Gasteiger partial charge on any atom is 0.250 e. The number of anilines is 1. The smallest absolute Gasteiger partial charge is 0.250 e. The molecule has 0 fully saturated rings. The lowest BCUT2D eigenvalue weighted by molar-refractivity contribution is -0.115. The molecule has 2 N–H and O–H groups in total. The molecular formula is C25H21N3O2S2. The number of nitrogens with zero attached hydrogens (tertiary/aromatic N) is 1. The quantitative estimate of drug-likeness (QED) is 0.291. The third-order valence-corrected chi connectivity index (χ3v) is 5.99. The van der Waals surface area contributed by atoms with Crippen LogP contribution in [-0.2, 0) is 4.79 Å². The van der Waals surface area contributed by atoms with E-state index in [0.29, 0.717) is 5.75 Å². The van der Waals surface area contributed by atoms with Crippen LogP contribution in [0.15, 0.2) is 72.8 Å². The van der Waals surface area contributed by atoms with Gasteiger partial charge in [0.1, 0.15) is 10.8 Å². The van der Waals surface area contributed by atoms with E-state index in [1.54, 1.807) is 24.5 Å². The zero-order chi connectivity index (χ0) is 22.5. The van der Waals surface area contributed by atoms with Crippen molar-refractivity contribution >= 4 is 56.6 Å². The van der Waals surface area contributed by atoms with Gasteiger partial charge in [-0.2, -0.15) is 0 Å². The number of fused-ring (bicyclic) bond motifs is 1. The Labute approximate surface area is 195 Å². The summed E-state index contributed by atoms with van der Waals surface area (Å²) >= 11 is 6.93. The van der Waals surface area contributed by atoms with Crippen LogP contribution in [0.3, 0.4) is 0 Å². The molecule has 5 nitrogen and oxygen atoms in total. The number of aryl methyl sites for hydroxylation is 1. The molecule has 0 aliphatic heterocycles. The number of methoxy groups -OCH3 is 1. The van der Waals surface area contributed by atoms with E-state index < -0.39 is 0 Å². The van der Waals surface area contributed by atoms with E-state index in [9.17, 15) is 4.79 Å². The van der Waals surface area contributed by atoms with Gasteiger partial charge in [0, 0.05) is 22.9 Å². The van der Waals surface area contributed by atoms with Gasteiger partial charge in [-0.15, -0.1) is 11.3 Å². The first kappa shape index (κ1) is 21.7. The van der Waals surface area contributed by atoms with Crippen LogP contribution in [0.1, 0.15) is 11.1 Å². The summed E-state index contributed by atoms with van der Waals surface area (Å²) in [6.45, 7) is 2.08. The minimum absolute atomic E-state index is 0.225. The highest BCUT2D eigenvalue weighted by Crippen LogP contribution is 2.31. The topological polar surface area (TPSA) is 63.2 Å². The Bertz CT molecular complexity index is 1310. The van der Waals surface area contributed by atoms with E-state index in [-0.39, 0.29) is 11.0 Å². The maximum atomic E-state index is 12.2. The molecule has 1 heterocycles. The predicted molar refractivity (Wildman–Crippen MR) is 136 cm³/mol. The predicted octanol–water partition coefficient (Wildman–Crippen LogP) is 5.81. The van der Waals surface area contributed by atoms with E-state index >= 15 is 0 Å². The summed E-state index contributed by atoms with van der Waals surface area (Å²) in [5, 5.41) is 6.87.